The number of nitrogens with zero attached hydrogens (tertiary/aromatic N) is 2. The molecule has 0 aliphatic carbocycles. The molecule has 0 spiro atoms. The van der Waals surface area contributed by atoms with Crippen LogP contribution in [0.15, 0.2) is 49.1 Å². The molecule has 15 heavy (non-hydrogen) atoms. The standard InChI is InChI=1S/C10H16N4Si/c1-11-15(12-2,13-7-3-4-8-13)14-9-5-6-10-14/h3-12H,1-2H3. The van der Waals surface area contributed by atoms with E-state index in [9.17, 15) is 0 Å². The molecule has 2 heterocycles. The SMILES string of the molecule is CN[Si](NC)(n1cccc1)n1cccc1. The van der Waals surface area contributed by atoms with Gasteiger partial charge in [0, 0.05) is 0 Å². The van der Waals surface area contributed by atoms with Crippen LogP contribution in [-0.2, 0) is 0 Å². The molecule has 0 aliphatic heterocycles. The summed E-state index contributed by atoms with van der Waals surface area (Å²) in [5.41, 5.74) is 0. The lowest BCUT2D eigenvalue weighted by Gasteiger charge is -2.31. The maximum Gasteiger partial charge on any atom is 0.440 e. The predicted molar refractivity (Wildman–Crippen MR) is 63.5 cm³/mol. The van der Waals surface area contributed by atoms with Gasteiger partial charge in [0.25, 0.3) is 0 Å². The van der Waals surface area contributed by atoms with Gasteiger partial charge in [-0.05, 0) is 63.1 Å². The number of hydrogen-bond donors (Lipinski definition) is 2. The van der Waals surface area contributed by atoms with Crippen LogP contribution in [0.5, 0.6) is 0 Å². The van der Waals surface area contributed by atoms with Gasteiger partial charge in [0.05, 0.1) is 0 Å². The van der Waals surface area contributed by atoms with E-state index >= 15 is 0 Å². The number of nitrogens with one attached hydrogen (secondary N) is 2. The lowest BCUT2D eigenvalue weighted by atomic mass is 10.7. The quantitative estimate of drug-likeness (QED) is 0.738. The Labute approximate surface area is 90.9 Å². The Hall–Kier alpha value is -1.30. The van der Waals surface area contributed by atoms with Crippen LogP contribution in [0, 0.1) is 0 Å². The summed E-state index contributed by atoms with van der Waals surface area (Å²) in [7, 11) is 1.92. The van der Waals surface area contributed by atoms with Gasteiger partial charge in [-0.3, -0.25) is 9.96 Å². The normalized spacial score (nSPS) is 11.9. The summed E-state index contributed by atoms with van der Waals surface area (Å²) in [6.07, 6.45) is 8.33. The molecule has 2 rings (SSSR count). The molecular formula is C10H16N4Si. The molecule has 0 radical (unpaired) electrons. The zero-order valence-electron chi connectivity index (χ0n) is 9.01. The minimum atomic E-state index is -2.06. The molecule has 0 saturated heterocycles. The molecule has 2 aromatic rings. The first-order valence-corrected chi connectivity index (χ1v) is 6.87. The molecule has 0 amide bonds. The predicted octanol–water partition coefficient (Wildman–Crippen LogP) is 0.560. The van der Waals surface area contributed by atoms with Gasteiger partial charge in [-0.1, -0.05) is 0 Å². The summed E-state index contributed by atoms with van der Waals surface area (Å²) in [6, 6.07) is 8.17. The van der Waals surface area contributed by atoms with Gasteiger partial charge in [-0.25, -0.2) is 0 Å². The third-order valence-electron chi connectivity index (χ3n) is 2.65. The minimum absolute atomic E-state index is 1.99. The van der Waals surface area contributed by atoms with Crippen molar-refractivity contribution in [2.45, 2.75) is 0 Å². The molecule has 0 aliphatic rings. The first kappa shape index (κ1) is 10.2. The summed E-state index contributed by atoms with van der Waals surface area (Å²) in [5, 5.41) is 0. The van der Waals surface area contributed by atoms with E-state index in [0.29, 0.717) is 0 Å². The minimum Gasteiger partial charge on any atom is -0.338 e. The van der Waals surface area contributed by atoms with Crippen molar-refractivity contribution in [3.63, 3.8) is 0 Å². The van der Waals surface area contributed by atoms with Gasteiger partial charge in [0.1, 0.15) is 0 Å². The highest BCUT2D eigenvalue weighted by atomic mass is 28.4. The lowest BCUT2D eigenvalue weighted by Crippen LogP contribution is -2.70. The van der Waals surface area contributed by atoms with Crippen molar-refractivity contribution in [2.75, 3.05) is 14.1 Å². The van der Waals surface area contributed by atoms with Crippen molar-refractivity contribution in [3.8, 4) is 0 Å². The van der Waals surface area contributed by atoms with Crippen molar-refractivity contribution in [2.24, 2.45) is 0 Å². The number of hydrogen-bond acceptors (Lipinski definition) is 2. The van der Waals surface area contributed by atoms with Gasteiger partial charge in [0.15, 0.2) is 0 Å². The highest BCUT2D eigenvalue weighted by molar-refractivity contribution is 6.71. The van der Waals surface area contributed by atoms with E-state index in [4.69, 9.17) is 0 Å². The van der Waals surface area contributed by atoms with E-state index in [-0.39, 0.29) is 0 Å². The van der Waals surface area contributed by atoms with Crippen LogP contribution in [-0.4, -0.2) is 31.3 Å². The molecule has 0 unspecified atom stereocenters. The van der Waals surface area contributed by atoms with Crippen molar-refractivity contribution in [3.05, 3.63) is 49.1 Å². The van der Waals surface area contributed by atoms with E-state index in [1.165, 1.54) is 0 Å². The van der Waals surface area contributed by atoms with Crippen LogP contribution in [0.25, 0.3) is 0 Å². The molecule has 5 heteroatoms. The van der Waals surface area contributed by atoms with E-state index in [1.807, 2.05) is 38.4 Å². The molecular weight excluding hydrogens is 204 g/mol. The second kappa shape index (κ2) is 4.06. The fraction of sp³-hybridized carbons (Fsp3) is 0.200. The Bertz CT molecular complexity index is 353. The second-order valence-electron chi connectivity index (χ2n) is 3.35. The van der Waals surface area contributed by atoms with Crippen LogP contribution in [0.3, 0.4) is 0 Å². The molecule has 4 nitrogen and oxygen atoms in total. The largest absolute Gasteiger partial charge is 0.440 e. The highest BCUT2D eigenvalue weighted by Gasteiger charge is 2.35. The average Bonchev–Trinajstić information content (AvgIpc) is 2.92. The molecule has 0 saturated carbocycles. The Morgan fingerprint density at radius 1 is 0.733 bits per heavy atom. The van der Waals surface area contributed by atoms with E-state index in [1.54, 1.807) is 0 Å². The summed E-state index contributed by atoms with van der Waals surface area (Å²) in [6.45, 7) is 0. The number of rotatable bonds is 4. The molecule has 0 fully saturated rings. The first-order chi connectivity index (χ1) is 7.33. The highest BCUT2D eigenvalue weighted by Crippen LogP contribution is 2.05. The average molecular weight is 220 g/mol. The molecule has 80 valence electrons. The van der Waals surface area contributed by atoms with Crippen LogP contribution in [0.4, 0.5) is 0 Å². The maximum atomic E-state index is 3.42. The fourth-order valence-electron chi connectivity index (χ4n) is 1.88. The Morgan fingerprint density at radius 3 is 1.33 bits per heavy atom. The van der Waals surface area contributed by atoms with Crippen molar-refractivity contribution >= 4 is 8.72 Å². The molecule has 2 aromatic heterocycles. The molecule has 0 bridgehead atoms. The maximum absolute atomic E-state index is 3.42. The summed E-state index contributed by atoms with van der Waals surface area (Å²) >= 11 is 0. The Balaban J connectivity index is 2.50. The third kappa shape index (κ3) is 1.54. The van der Waals surface area contributed by atoms with Gasteiger partial charge in [0.2, 0.25) is 0 Å². The van der Waals surface area contributed by atoms with Crippen molar-refractivity contribution < 1.29 is 0 Å². The third-order valence-corrected chi connectivity index (χ3v) is 6.14. The molecule has 0 atom stereocenters. The van der Waals surface area contributed by atoms with Crippen LogP contribution < -0.4 is 9.96 Å². The lowest BCUT2D eigenvalue weighted by molar-refractivity contribution is 0.830. The van der Waals surface area contributed by atoms with Crippen molar-refractivity contribution in [1.82, 2.24) is 18.4 Å². The van der Waals surface area contributed by atoms with E-state index < -0.39 is 8.72 Å². The van der Waals surface area contributed by atoms with Gasteiger partial charge >= 0.3 is 8.72 Å². The second-order valence-corrected chi connectivity index (χ2v) is 6.73. The summed E-state index contributed by atoms with van der Waals surface area (Å²) in [5.74, 6) is 0. The van der Waals surface area contributed by atoms with E-state index in [2.05, 4.69) is 43.2 Å². The Morgan fingerprint density at radius 2 is 1.07 bits per heavy atom. The van der Waals surface area contributed by atoms with Crippen molar-refractivity contribution in [1.29, 1.82) is 0 Å². The van der Waals surface area contributed by atoms with E-state index in [0.717, 1.165) is 0 Å². The van der Waals surface area contributed by atoms with Gasteiger partial charge in [-0.15, -0.1) is 0 Å². The fourth-order valence-corrected chi connectivity index (χ4v) is 4.63. The summed E-state index contributed by atoms with van der Waals surface area (Å²) < 4.78 is 4.43. The first-order valence-electron chi connectivity index (χ1n) is 4.98. The molecule has 2 N–H and O–H groups in total. The Kier molecular flexibility index (Phi) is 2.76. The smallest absolute Gasteiger partial charge is 0.338 e. The zero-order valence-corrected chi connectivity index (χ0v) is 10.0. The van der Waals surface area contributed by atoms with Gasteiger partial charge in [-0.2, -0.15) is 0 Å². The number of aromatic nitrogens is 2. The van der Waals surface area contributed by atoms with Gasteiger partial charge < -0.3 is 8.47 Å². The van der Waals surface area contributed by atoms with Crippen LogP contribution in [0.1, 0.15) is 0 Å². The zero-order chi connectivity index (χ0) is 10.7. The van der Waals surface area contributed by atoms with Crippen LogP contribution >= 0.6 is 0 Å². The molecule has 0 aromatic carbocycles. The van der Waals surface area contributed by atoms with Crippen LogP contribution in [0.2, 0.25) is 0 Å². The monoisotopic (exact) mass is 220 g/mol. The summed E-state index contributed by atoms with van der Waals surface area (Å²) in [4.78, 5) is 6.85. The topological polar surface area (TPSA) is 33.9 Å².